The lowest BCUT2D eigenvalue weighted by Crippen LogP contribution is -2.42. The van der Waals surface area contributed by atoms with E-state index in [4.69, 9.17) is 9.47 Å². The predicted molar refractivity (Wildman–Crippen MR) is 96.8 cm³/mol. The van der Waals surface area contributed by atoms with Gasteiger partial charge in [0, 0.05) is 19.5 Å². The molecule has 0 radical (unpaired) electrons. The number of fused-ring (bicyclic) bond motifs is 1. The van der Waals surface area contributed by atoms with Gasteiger partial charge in [-0.2, -0.15) is 0 Å². The van der Waals surface area contributed by atoms with E-state index in [0.29, 0.717) is 19.7 Å². The topological polar surface area (TPSA) is 59.6 Å². The minimum absolute atomic E-state index is 0.0299. The number of rotatable bonds is 6. The highest BCUT2D eigenvalue weighted by molar-refractivity contribution is 5.73. The maximum Gasteiger partial charge on any atom is 0.314 e. The molecule has 0 saturated carbocycles. The number of hydrogen-bond donors (Lipinski definition) is 2. The van der Waals surface area contributed by atoms with E-state index in [0.717, 1.165) is 24.2 Å². The van der Waals surface area contributed by atoms with Gasteiger partial charge in [-0.05, 0) is 35.2 Å². The largest absolute Gasteiger partial charge is 0.497 e. The predicted octanol–water partition coefficient (Wildman–Crippen LogP) is 2.68. The van der Waals surface area contributed by atoms with Gasteiger partial charge in [0.1, 0.15) is 5.75 Å². The van der Waals surface area contributed by atoms with E-state index in [1.54, 1.807) is 7.11 Å². The molecule has 0 fully saturated rings. The Morgan fingerprint density at radius 3 is 2.64 bits per heavy atom. The summed E-state index contributed by atoms with van der Waals surface area (Å²) >= 11 is 0. The smallest absolute Gasteiger partial charge is 0.314 e. The van der Waals surface area contributed by atoms with Crippen LogP contribution in [0, 0.1) is 0 Å². The van der Waals surface area contributed by atoms with Crippen molar-refractivity contribution < 1.29 is 14.3 Å². The zero-order chi connectivity index (χ0) is 17.5. The van der Waals surface area contributed by atoms with Crippen molar-refractivity contribution in [2.24, 2.45) is 0 Å². The van der Waals surface area contributed by atoms with E-state index in [9.17, 15) is 4.79 Å². The summed E-state index contributed by atoms with van der Waals surface area (Å²) in [7, 11) is 1.65. The van der Waals surface area contributed by atoms with Gasteiger partial charge in [-0.25, -0.2) is 4.79 Å². The van der Waals surface area contributed by atoms with Crippen molar-refractivity contribution in [2.45, 2.75) is 25.6 Å². The molecule has 25 heavy (non-hydrogen) atoms. The maximum absolute atomic E-state index is 11.9. The van der Waals surface area contributed by atoms with Crippen molar-refractivity contribution in [3.63, 3.8) is 0 Å². The summed E-state index contributed by atoms with van der Waals surface area (Å²) in [5.74, 6) is 0.837. The molecule has 2 N–H and O–H groups in total. The van der Waals surface area contributed by atoms with E-state index in [2.05, 4.69) is 22.8 Å². The second kappa shape index (κ2) is 8.53. The number of carbonyl (C=O) groups is 1. The van der Waals surface area contributed by atoms with Crippen LogP contribution in [0.3, 0.4) is 0 Å². The first-order valence-corrected chi connectivity index (χ1v) is 8.57. The van der Waals surface area contributed by atoms with Crippen LogP contribution in [0.5, 0.6) is 5.75 Å². The second-order valence-electron chi connectivity index (χ2n) is 6.14. The fourth-order valence-corrected chi connectivity index (χ4v) is 2.92. The van der Waals surface area contributed by atoms with Gasteiger partial charge in [0.15, 0.2) is 0 Å². The lowest BCUT2D eigenvalue weighted by atomic mass is 9.99. The molecule has 1 aliphatic heterocycles. The average molecular weight is 340 g/mol. The first-order chi connectivity index (χ1) is 12.2. The number of carbonyl (C=O) groups excluding carboxylic acids is 1. The summed E-state index contributed by atoms with van der Waals surface area (Å²) in [5, 5.41) is 5.77. The molecule has 132 valence electrons. The Hall–Kier alpha value is -2.53. The molecule has 0 aliphatic carbocycles. The zero-order valence-corrected chi connectivity index (χ0v) is 14.5. The van der Waals surface area contributed by atoms with Crippen molar-refractivity contribution in [1.29, 1.82) is 0 Å². The molecule has 1 unspecified atom stereocenters. The fraction of sp³-hybridized carbons (Fsp3) is 0.350. The Balaban J connectivity index is 1.35. The van der Waals surface area contributed by atoms with Gasteiger partial charge in [0.05, 0.1) is 19.8 Å². The van der Waals surface area contributed by atoms with Crippen LogP contribution in [0.25, 0.3) is 0 Å². The minimum Gasteiger partial charge on any atom is -0.497 e. The Morgan fingerprint density at radius 2 is 1.88 bits per heavy atom. The highest BCUT2D eigenvalue weighted by Crippen LogP contribution is 2.19. The summed E-state index contributed by atoms with van der Waals surface area (Å²) in [6, 6.07) is 16.0. The van der Waals surface area contributed by atoms with Crippen LogP contribution >= 0.6 is 0 Å². The molecule has 3 rings (SSSR count). The third-order valence-corrected chi connectivity index (χ3v) is 4.39. The van der Waals surface area contributed by atoms with E-state index >= 15 is 0 Å². The molecule has 0 aromatic heterocycles. The molecule has 5 heteroatoms. The quantitative estimate of drug-likeness (QED) is 0.850. The lowest BCUT2D eigenvalue weighted by molar-refractivity contribution is 0.0305. The van der Waals surface area contributed by atoms with Crippen LogP contribution in [0.1, 0.15) is 16.7 Å². The van der Waals surface area contributed by atoms with Crippen LogP contribution in [-0.2, 0) is 24.2 Å². The summed E-state index contributed by atoms with van der Waals surface area (Å²) in [5.41, 5.74) is 3.71. The number of ether oxygens (including phenoxy) is 2. The van der Waals surface area contributed by atoms with Crippen LogP contribution in [-0.4, -0.2) is 32.3 Å². The summed E-state index contributed by atoms with van der Waals surface area (Å²) in [6.45, 7) is 1.72. The molecule has 0 bridgehead atoms. The van der Waals surface area contributed by atoms with Crippen LogP contribution in [0.2, 0.25) is 0 Å². The number of amides is 2. The number of hydrogen-bond acceptors (Lipinski definition) is 3. The molecule has 5 nitrogen and oxygen atoms in total. The van der Waals surface area contributed by atoms with Gasteiger partial charge in [-0.1, -0.05) is 36.4 Å². The molecule has 2 aromatic carbocycles. The molecule has 0 spiro atoms. The third-order valence-electron chi connectivity index (χ3n) is 4.39. The van der Waals surface area contributed by atoms with Gasteiger partial charge in [0.2, 0.25) is 0 Å². The highest BCUT2D eigenvalue weighted by Gasteiger charge is 2.19. The van der Waals surface area contributed by atoms with Crippen LogP contribution in [0.4, 0.5) is 4.79 Å². The van der Waals surface area contributed by atoms with Gasteiger partial charge in [0.25, 0.3) is 0 Å². The zero-order valence-electron chi connectivity index (χ0n) is 14.5. The van der Waals surface area contributed by atoms with E-state index in [1.807, 2.05) is 36.4 Å². The molecule has 0 saturated heterocycles. The summed E-state index contributed by atoms with van der Waals surface area (Å²) < 4.78 is 10.9. The summed E-state index contributed by atoms with van der Waals surface area (Å²) in [6.07, 6.45) is 1.65. The third kappa shape index (κ3) is 4.97. The monoisotopic (exact) mass is 340 g/mol. The van der Waals surface area contributed by atoms with Crippen molar-refractivity contribution in [3.05, 3.63) is 65.2 Å². The average Bonchev–Trinajstić information content (AvgIpc) is 2.67. The van der Waals surface area contributed by atoms with Gasteiger partial charge in [-0.3, -0.25) is 0 Å². The van der Waals surface area contributed by atoms with Crippen molar-refractivity contribution in [1.82, 2.24) is 10.6 Å². The van der Waals surface area contributed by atoms with Gasteiger partial charge >= 0.3 is 6.03 Å². The lowest BCUT2D eigenvalue weighted by Gasteiger charge is -2.25. The standard InChI is InChI=1S/C20H24N2O3/c1-24-18-8-6-15(7-9-18)10-11-21-20(23)22-13-19-12-16-4-2-3-5-17(16)14-25-19/h2-9,19H,10-14H2,1H3,(H2,21,22,23). The Kier molecular flexibility index (Phi) is 5.90. The molecule has 2 amide bonds. The van der Waals surface area contributed by atoms with Crippen LogP contribution in [0.15, 0.2) is 48.5 Å². The maximum atomic E-state index is 11.9. The van der Waals surface area contributed by atoms with Gasteiger partial charge in [-0.15, -0.1) is 0 Å². The fourth-order valence-electron chi connectivity index (χ4n) is 2.92. The van der Waals surface area contributed by atoms with E-state index in [-0.39, 0.29) is 12.1 Å². The van der Waals surface area contributed by atoms with Crippen LogP contribution < -0.4 is 15.4 Å². The van der Waals surface area contributed by atoms with E-state index in [1.165, 1.54) is 11.1 Å². The van der Waals surface area contributed by atoms with E-state index < -0.39 is 0 Å². The Labute approximate surface area is 148 Å². The Bertz CT molecular complexity index is 700. The first-order valence-electron chi connectivity index (χ1n) is 8.57. The number of benzene rings is 2. The minimum atomic E-state index is -0.157. The van der Waals surface area contributed by atoms with Crippen molar-refractivity contribution in [3.8, 4) is 5.75 Å². The normalized spacial score (nSPS) is 16.0. The second-order valence-corrected chi connectivity index (χ2v) is 6.14. The summed E-state index contributed by atoms with van der Waals surface area (Å²) in [4.78, 5) is 11.9. The SMILES string of the molecule is COc1ccc(CCNC(=O)NCC2Cc3ccccc3CO2)cc1. The number of methoxy groups -OCH3 is 1. The Morgan fingerprint density at radius 1 is 1.12 bits per heavy atom. The molecule has 1 atom stereocenters. The molecular weight excluding hydrogens is 316 g/mol. The first kappa shape index (κ1) is 17.3. The number of urea groups is 1. The number of nitrogens with one attached hydrogen (secondary N) is 2. The van der Waals surface area contributed by atoms with Crippen molar-refractivity contribution in [2.75, 3.05) is 20.2 Å². The van der Waals surface area contributed by atoms with Gasteiger partial charge < -0.3 is 20.1 Å². The highest BCUT2D eigenvalue weighted by atomic mass is 16.5. The molecule has 2 aromatic rings. The molecule has 1 heterocycles. The molecule has 1 aliphatic rings. The molecular formula is C20H24N2O3. The van der Waals surface area contributed by atoms with Crippen molar-refractivity contribution >= 4 is 6.03 Å².